The van der Waals surface area contributed by atoms with E-state index in [4.69, 9.17) is 9.40 Å². The molecule has 201 valence electrons. The number of benzene rings is 5. The zero-order valence-electron chi connectivity index (χ0n) is 22.8. The summed E-state index contributed by atoms with van der Waals surface area (Å²) in [5, 5.41) is 4.04. The van der Waals surface area contributed by atoms with Gasteiger partial charge in [0.25, 0.3) is 0 Å². The van der Waals surface area contributed by atoms with Crippen LogP contribution in [-0.2, 0) is 20.1 Å². The molecule has 0 atom stereocenters. The van der Waals surface area contributed by atoms with E-state index in [0.29, 0.717) is 23.0 Å². The Bertz CT molecular complexity index is 2020. The fraction of sp³-hybridized carbons (Fsp3) is 0.171. The van der Waals surface area contributed by atoms with Gasteiger partial charge in [-0.25, -0.2) is 4.39 Å². The molecule has 0 fully saturated rings. The average molecular weight is 704 g/mol. The minimum absolute atomic E-state index is 0. The van der Waals surface area contributed by atoms with E-state index < -0.39 is 0 Å². The van der Waals surface area contributed by atoms with Gasteiger partial charge in [0, 0.05) is 42.6 Å². The maximum Gasteiger partial charge on any atom is 0.126 e. The van der Waals surface area contributed by atoms with Crippen LogP contribution in [0.15, 0.2) is 89.3 Å². The summed E-state index contributed by atoms with van der Waals surface area (Å²) < 4.78 is 22.7. The van der Waals surface area contributed by atoms with Crippen molar-refractivity contribution in [3.63, 3.8) is 0 Å². The average Bonchev–Trinajstić information content (AvgIpc) is 3.50. The molecule has 0 unspecified atom stereocenters. The number of hydrogen-bond acceptors (Lipinski definition) is 2. The van der Waals surface area contributed by atoms with Gasteiger partial charge >= 0.3 is 0 Å². The van der Waals surface area contributed by atoms with Crippen molar-refractivity contribution >= 4 is 43.7 Å². The van der Waals surface area contributed by atoms with Gasteiger partial charge < -0.3 is 8.98 Å². The Balaban J connectivity index is 0.00000289. The minimum atomic E-state index is -0.321. The molecule has 3 nitrogen and oxygen atoms in total. The molecule has 0 spiro atoms. The second kappa shape index (κ2) is 9.99. The summed E-state index contributed by atoms with van der Waals surface area (Å²) in [5.74, 6) is 1.05. The molecule has 7 aromatic rings. The Morgan fingerprint density at radius 3 is 2.30 bits per heavy atom. The van der Waals surface area contributed by atoms with Crippen LogP contribution in [0.4, 0.5) is 4.39 Å². The fourth-order valence-corrected chi connectivity index (χ4v) is 5.86. The fourth-order valence-electron chi connectivity index (χ4n) is 5.86. The SMILES string of the molecule is CC(C)c1cccc(C(C)C)c1-n1c(-c2[c-]ccc3c2oc2cc(F)ccc23)nc2c3ccccc3ccc21.[Ir]. The third-order valence-electron chi connectivity index (χ3n) is 7.73. The number of halogens is 1. The van der Waals surface area contributed by atoms with Crippen LogP contribution in [0.25, 0.3) is 60.8 Å². The number of fused-ring (bicyclic) bond motifs is 6. The standard InChI is InChI=1S/C35H28FN2O.Ir/c1-20(2)24-11-7-12-25(21(3)4)33(24)38-30-18-15-22-9-5-6-10-26(22)32(30)37-35(38)29-14-8-13-28-27-17-16-23(36)19-31(27)39-34(28)29;/h5-13,15-21H,1-4H3;/q-1;. The molecule has 2 aromatic heterocycles. The van der Waals surface area contributed by atoms with Crippen molar-refractivity contribution in [2.45, 2.75) is 39.5 Å². The summed E-state index contributed by atoms with van der Waals surface area (Å²) in [6, 6.07) is 31.3. The molecule has 7 rings (SSSR count). The third-order valence-corrected chi connectivity index (χ3v) is 7.73. The van der Waals surface area contributed by atoms with Crippen LogP contribution in [0.1, 0.15) is 50.7 Å². The molecule has 0 saturated heterocycles. The summed E-state index contributed by atoms with van der Waals surface area (Å²) in [6.07, 6.45) is 0. The molecule has 0 bridgehead atoms. The summed E-state index contributed by atoms with van der Waals surface area (Å²) in [5.41, 5.74) is 7.58. The molecule has 5 aromatic carbocycles. The molecule has 1 radical (unpaired) electrons. The van der Waals surface area contributed by atoms with Crippen molar-refractivity contribution < 1.29 is 28.9 Å². The smallest absolute Gasteiger partial charge is 0.126 e. The minimum Gasteiger partial charge on any atom is -0.500 e. The van der Waals surface area contributed by atoms with Crippen LogP contribution >= 0.6 is 0 Å². The summed E-state index contributed by atoms with van der Waals surface area (Å²) in [4.78, 5) is 5.32. The predicted molar refractivity (Wildman–Crippen MR) is 158 cm³/mol. The number of hydrogen-bond donors (Lipinski definition) is 0. The molecule has 40 heavy (non-hydrogen) atoms. The molecule has 0 saturated carbocycles. The van der Waals surface area contributed by atoms with Gasteiger partial charge in [0.2, 0.25) is 0 Å². The van der Waals surface area contributed by atoms with Crippen molar-refractivity contribution in [1.82, 2.24) is 9.55 Å². The van der Waals surface area contributed by atoms with E-state index in [9.17, 15) is 4.39 Å². The first-order chi connectivity index (χ1) is 18.9. The van der Waals surface area contributed by atoms with Crippen LogP contribution in [0, 0.1) is 11.9 Å². The van der Waals surface area contributed by atoms with Gasteiger partial charge in [-0.3, -0.25) is 4.98 Å². The number of aromatic nitrogens is 2. The van der Waals surface area contributed by atoms with Gasteiger partial charge in [0.15, 0.2) is 0 Å². The van der Waals surface area contributed by atoms with Gasteiger partial charge in [-0.1, -0.05) is 87.2 Å². The first-order valence-corrected chi connectivity index (χ1v) is 13.5. The summed E-state index contributed by atoms with van der Waals surface area (Å²) >= 11 is 0. The molecule has 0 N–H and O–H groups in total. The van der Waals surface area contributed by atoms with E-state index in [0.717, 1.165) is 49.7 Å². The molecule has 5 heteroatoms. The largest absolute Gasteiger partial charge is 0.500 e. The molecule has 0 aliphatic rings. The Kier molecular flexibility index (Phi) is 6.60. The normalized spacial score (nSPS) is 11.9. The zero-order chi connectivity index (χ0) is 26.8. The monoisotopic (exact) mass is 704 g/mol. The van der Waals surface area contributed by atoms with Crippen molar-refractivity contribution in [1.29, 1.82) is 0 Å². The maximum atomic E-state index is 14.1. The van der Waals surface area contributed by atoms with Gasteiger partial charge in [0.05, 0.1) is 22.4 Å². The summed E-state index contributed by atoms with van der Waals surface area (Å²) in [7, 11) is 0. The topological polar surface area (TPSA) is 31.0 Å². The van der Waals surface area contributed by atoms with Gasteiger partial charge in [-0.2, -0.15) is 0 Å². The van der Waals surface area contributed by atoms with Crippen LogP contribution < -0.4 is 0 Å². The van der Waals surface area contributed by atoms with Crippen LogP contribution in [0.3, 0.4) is 0 Å². The number of imidazole rings is 1. The van der Waals surface area contributed by atoms with E-state index in [-0.39, 0.29) is 25.9 Å². The molecule has 2 heterocycles. The Morgan fingerprint density at radius 1 is 0.800 bits per heavy atom. The Labute approximate surface area is 246 Å². The van der Waals surface area contributed by atoms with E-state index in [2.05, 4.69) is 92.9 Å². The van der Waals surface area contributed by atoms with Crippen molar-refractivity contribution in [3.8, 4) is 17.1 Å². The van der Waals surface area contributed by atoms with E-state index in [1.807, 2.05) is 12.1 Å². The van der Waals surface area contributed by atoms with Crippen LogP contribution in [0.2, 0.25) is 0 Å². The van der Waals surface area contributed by atoms with Crippen LogP contribution in [0.5, 0.6) is 0 Å². The molecule has 0 aliphatic heterocycles. The van der Waals surface area contributed by atoms with E-state index >= 15 is 0 Å². The zero-order valence-corrected chi connectivity index (χ0v) is 25.1. The Morgan fingerprint density at radius 2 is 1.55 bits per heavy atom. The summed E-state index contributed by atoms with van der Waals surface area (Å²) in [6.45, 7) is 8.94. The maximum absolute atomic E-state index is 14.1. The Hall–Kier alpha value is -3.79. The second-order valence-corrected chi connectivity index (χ2v) is 10.9. The number of para-hydroxylation sites is 1. The van der Waals surface area contributed by atoms with Gasteiger partial charge in [-0.05, 0) is 46.5 Å². The van der Waals surface area contributed by atoms with Gasteiger partial charge in [-0.15, -0.1) is 18.2 Å². The third kappa shape index (κ3) is 3.99. The van der Waals surface area contributed by atoms with E-state index in [1.54, 1.807) is 6.07 Å². The first-order valence-electron chi connectivity index (χ1n) is 13.5. The van der Waals surface area contributed by atoms with E-state index in [1.165, 1.54) is 23.3 Å². The molecular weight excluding hydrogens is 676 g/mol. The predicted octanol–water partition coefficient (Wildman–Crippen LogP) is 9.93. The molecule has 0 amide bonds. The molecule has 0 aliphatic carbocycles. The number of furan rings is 1. The van der Waals surface area contributed by atoms with Crippen LogP contribution in [-0.4, -0.2) is 9.55 Å². The second-order valence-electron chi connectivity index (χ2n) is 10.9. The van der Waals surface area contributed by atoms with Crippen molar-refractivity contribution in [2.75, 3.05) is 0 Å². The number of nitrogens with zero attached hydrogens (tertiary/aromatic N) is 2. The van der Waals surface area contributed by atoms with Crippen molar-refractivity contribution in [3.05, 3.63) is 108 Å². The quantitative estimate of drug-likeness (QED) is 0.171. The number of rotatable bonds is 4. The first kappa shape index (κ1) is 26.4. The van der Waals surface area contributed by atoms with Crippen molar-refractivity contribution in [2.24, 2.45) is 0 Å². The van der Waals surface area contributed by atoms with Gasteiger partial charge in [0.1, 0.15) is 11.4 Å². The molecular formula is C35H28FIrN2O-.